The highest BCUT2D eigenvalue weighted by Crippen LogP contribution is 2.29. The van der Waals surface area contributed by atoms with Gasteiger partial charge in [0.15, 0.2) is 0 Å². The number of amides is 1. The number of fused-ring (bicyclic) bond motifs is 1. The van der Waals surface area contributed by atoms with Crippen LogP contribution in [0.2, 0.25) is 0 Å². The van der Waals surface area contributed by atoms with Gasteiger partial charge in [0.1, 0.15) is 11.5 Å². The van der Waals surface area contributed by atoms with Crippen molar-refractivity contribution in [1.29, 1.82) is 0 Å². The minimum absolute atomic E-state index is 0.0763. The lowest BCUT2D eigenvalue weighted by molar-refractivity contribution is 0.0946. The van der Waals surface area contributed by atoms with E-state index in [1.54, 1.807) is 0 Å². The zero-order valence-corrected chi connectivity index (χ0v) is 15.5. The van der Waals surface area contributed by atoms with Crippen molar-refractivity contribution in [3.8, 4) is 0 Å². The Balaban J connectivity index is 1.65. The largest absolute Gasteiger partial charge is 0.349 e. The number of nitrogens with one attached hydrogen (secondary N) is 1. The Bertz CT molecular complexity index is 718. The molecule has 25 heavy (non-hydrogen) atoms. The third-order valence-corrected chi connectivity index (χ3v) is 4.93. The Morgan fingerprint density at radius 3 is 2.76 bits per heavy atom. The summed E-state index contributed by atoms with van der Waals surface area (Å²) in [5, 5.41) is 2.94. The normalized spacial score (nSPS) is 16.7. The summed E-state index contributed by atoms with van der Waals surface area (Å²) in [4.78, 5) is 18.9. The third-order valence-electron chi connectivity index (χ3n) is 4.93. The molecule has 0 aliphatic carbocycles. The first-order valence-corrected chi connectivity index (χ1v) is 9.14. The Morgan fingerprint density at radius 2 is 2.08 bits per heavy atom. The first-order valence-electron chi connectivity index (χ1n) is 9.14. The fourth-order valence-electron chi connectivity index (χ4n) is 3.33. The number of carbonyl (C=O) groups excluding carboxylic acids is 1. The fraction of sp³-hybridized carbons (Fsp3) is 0.500. The Labute approximate surface area is 150 Å². The second-order valence-electron chi connectivity index (χ2n) is 7.08. The van der Waals surface area contributed by atoms with Gasteiger partial charge in [-0.3, -0.25) is 4.79 Å². The molecule has 0 saturated carbocycles. The molecule has 5 heteroatoms. The average molecular weight is 340 g/mol. The fourth-order valence-corrected chi connectivity index (χ4v) is 3.33. The van der Waals surface area contributed by atoms with Gasteiger partial charge in [-0.2, -0.15) is 0 Å². The number of hydrogen-bond acceptors (Lipinski definition) is 3. The SMILES string of the molecule is CCc1ccc(C2CCc3nc(C(=O)NCCN(C)C)cn3C2)cc1. The minimum atomic E-state index is -0.0763. The maximum atomic E-state index is 12.3. The lowest BCUT2D eigenvalue weighted by atomic mass is 9.91. The summed E-state index contributed by atoms with van der Waals surface area (Å²) in [5.74, 6) is 1.45. The predicted molar refractivity (Wildman–Crippen MR) is 100.0 cm³/mol. The number of hydrogen-bond donors (Lipinski definition) is 1. The number of likely N-dealkylation sites (N-methyl/N-ethyl adjacent to an activating group) is 1. The summed E-state index contributed by atoms with van der Waals surface area (Å²) in [7, 11) is 3.99. The average Bonchev–Trinajstić information content (AvgIpc) is 3.04. The molecule has 2 heterocycles. The van der Waals surface area contributed by atoms with Gasteiger partial charge in [0.25, 0.3) is 5.91 Å². The molecule has 1 unspecified atom stereocenters. The van der Waals surface area contributed by atoms with Gasteiger partial charge >= 0.3 is 0 Å². The molecule has 5 nitrogen and oxygen atoms in total. The lowest BCUT2D eigenvalue weighted by Gasteiger charge is -2.24. The van der Waals surface area contributed by atoms with E-state index in [-0.39, 0.29) is 5.91 Å². The van der Waals surface area contributed by atoms with Crippen molar-refractivity contribution < 1.29 is 4.79 Å². The van der Waals surface area contributed by atoms with Crippen LogP contribution >= 0.6 is 0 Å². The minimum Gasteiger partial charge on any atom is -0.349 e. The molecule has 1 atom stereocenters. The van der Waals surface area contributed by atoms with Crippen LogP contribution in [0.4, 0.5) is 0 Å². The summed E-state index contributed by atoms with van der Waals surface area (Å²) in [5.41, 5.74) is 3.30. The van der Waals surface area contributed by atoms with Crippen LogP contribution in [0.25, 0.3) is 0 Å². The highest BCUT2D eigenvalue weighted by molar-refractivity contribution is 5.92. The van der Waals surface area contributed by atoms with E-state index in [2.05, 4.69) is 46.1 Å². The molecule has 2 aromatic rings. The summed E-state index contributed by atoms with van der Waals surface area (Å²) in [6.07, 6.45) is 4.99. The van der Waals surface area contributed by atoms with Gasteiger partial charge in [0, 0.05) is 38.2 Å². The Hall–Kier alpha value is -2.14. The molecule has 1 amide bonds. The van der Waals surface area contributed by atoms with Crippen molar-refractivity contribution in [1.82, 2.24) is 19.8 Å². The van der Waals surface area contributed by atoms with Crippen LogP contribution in [-0.4, -0.2) is 47.5 Å². The zero-order valence-electron chi connectivity index (χ0n) is 15.5. The second-order valence-corrected chi connectivity index (χ2v) is 7.08. The first kappa shape index (κ1) is 17.7. The van der Waals surface area contributed by atoms with Crippen LogP contribution in [0.1, 0.15) is 46.7 Å². The van der Waals surface area contributed by atoms with E-state index in [1.165, 1.54) is 11.1 Å². The van der Waals surface area contributed by atoms with Crippen molar-refractivity contribution in [2.45, 2.75) is 38.6 Å². The van der Waals surface area contributed by atoms with Crippen molar-refractivity contribution in [3.63, 3.8) is 0 Å². The molecule has 0 bridgehead atoms. The van der Waals surface area contributed by atoms with Crippen LogP contribution in [0.15, 0.2) is 30.5 Å². The zero-order chi connectivity index (χ0) is 17.8. The maximum absolute atomic E-state index is 12.3. The summed E-state index contributed by atoms with van der Waals surface area (Å²) in [6, 6.07) is 8.95. The molecular weight excluding hydrogens is 312 g/mol. The van der Waals surface area contributed by atoms with Crippen LogP contribution < -0.4 is 5.32 Å². The summed E-state index contributed by atoms with van der Waals surface area (Å²) in [6.45, 7) is 4.55. The second kappa shape index (κ2) is 7.83. The van der Waals surface area contributed by atoms with Crippen molar-refractivity contribution in [3.05, 3.63) is 53.1 Å². The van der Waals surface area contributed by atoms with Gasteiger partial charge in [-0.15, -0.1) is 0 Å². The van der Waals surface area contributed by atoms with E-state index >= 15 is 0 Å². The smallest absolute Gasteiger partial charge is 0.271 e. The molecule has 3 rings (SSSR count). The molecule has 1 aliphatic rings. The summed E-state index contributed by atoms with van der Waals surface area (Å²) >= 11 is 0. The van der Waals surface area contributed by atoms with E-state index in [9.17, 15) is 4.79 Å². The van der Waals surface area contributed by atoms with Gasteiger partial charge < -0.3 is 14.8 Å². The molecule has 1 N–H and O–H groups in total. The molecule has 0 radical (unpaired) electrons. The molecule has 134 valence electrons. The Morgan fingerprint density at radius 1 is 1.32 bits per heavy atom. The number of aryl methyl sites for hydroxylation is 2. The molecule has 1 aromatic carbocycles. The van der Waals surface area contributed by atoms with E-state index in [0.717, 1.165) is 38.2 Å². The van der Waals surface area contributed by atoms with E-state index in [1.807, 2.05) is 25.2 Å². The standard InChI is InChI=1S/C20H28N4O/c1-4-15-5-7-16(8-6-15)17-9-10-19-22-18(14-24(19)13-17)20(25)21-11-12-23(2)3/h5-8,14,17H,4,9-13H2,1-3H3,(H,21,25). The van der Waals surface area contributed by atoms with Gasteiger partial charge in [-0.05, 0) is 38.1 Å². The quantitative estimate of drug-likeness (QED) is 0.879. The van der Waals surface area contributed by atoms with Gasteiger partial charge in [-0.1, -0.05) is 31.2 Å². The molecule has 1 aliphatic heterocycles. The Kier molecular flexibility index (Phi) is 5.53. The summed E-state index contributed by atoms with van der Waals surface area (Å²) < 4.78 is 2.16. The van der Waals surface area contributed by atoms with Crippen LogP contribution in [0.5, 0.6) is 0 Å². The van der Waals surface area contributed by atoms with E-state index in [4.69, 9.17) is 0 Å². The monoisotopic (exact) mass is 340 g/mol. The van der Waals surface area contributed by atoms with Crippen molar-refractivity contribution in [2.75, 3.05) is 27.2 Å². The first-order chi connectivity index (χ1) is 12.1. The van der Waals surface area contributed by atoms with Crippen LogP contribution in [-0.2, 0) is 19.4 Å². The number of imidazole rings is 1. The number of rotatable bonds is 6. The van der Waals surface area contributed by atoms with Gasteiger partial charge in [-0.25, -0.2) is 4.98 Å². The molecule has 0 saturated heterocycles. The topological polar surface area (TPSA) is 50.2 Å². The highest BCUT2D eigenvalue weighted by atomic mass is 16.1. The highest BCUT2D eigenvalue weighted by Gasteiger charge is 2.23. The maximum Gasteiger partial charge on any atom is 0.271 e. The van der Waals surface area contributed by atoms with Gasteiger partial charge in [0.05, 0.1) is 0 Å². The lowest BCUT2D eigenvalue weighted by Crippen LogP contribution is -2.31. The van der Waals surface area contributed by atoms with Crippen molar-refractivity contribution >= 4 is 5.91 Å². The van der Waals surface area contributed by atoms with Crippen molar-refractivity contribution in [2.24, 2.45) is 0 Å². The number of aromatic nitrogens is 2. The van der Waals surface area contributed by atoms with E-state index in [0.29, 0.717) is 18.2 Å². The molecule has 0 spiro atoms. The third kappa shape index (κ3) is 4.28. The number of carbonyl (C=O) groups is 1. The molecular formula is C20H28N4O. The molecule has 0 fully saturated rings. The predicted octanol–water partition coefficient (Wildman–Crippen LogP) is 2.47. The van der Waals surface area contributed by atoms with Crippen LogP contribution in [0.3, 0.4) is 0 Å². The number of nitrogens with zero attached hydrogens (tertiary/aromatic N) is 3. The van der Waals surface area contributed by atoms with Crippen LogP contribution in [0, 0.1) is 0 Å². The molecule has 1 aromatic heterocycles. The number of benzene rings is 1. The van der Waals surface area contributed by atoms with E-state index < -0.39 is 0 Å². The van der Waals surface area contributed by atoms with Gasteiger partial charge in [0.2, 0.25) is 0 Å².